The van der Waals surface area contributed by atoms with Gasteiger partial charge >= 0.3 is 0 Å². The molecule has 3 aromatic rings. The fraction of sp³-hybridized carbons (Fsp3) is 0.350. The molecule has 1 aliphatic rings. The quantitative estimate of drug-likeness (QED) is 0.599. The first-order chi connectivity index (χ1) is 14.5. The SMILES string of the molecule is CC(=O)Nc1ccc(C[C@H]2C[C@@H](c3nnc(NC(=O)Cc4ccccn4)s3)C2)nn1. The number of amides is 2. The summed E-state index contributed by atoms with van der Waals surface area (Å²) >= 11 is 1.43. The van der Waals surface area contributed by atoms with Crippen molar-refractivity contribution in [3.63, 3.8) is 0 Å². The van der Waals surface area contributed by atoms with Gasteiger partial charge in [0.1, 0.15) is 5.01 Å². The Bertz CT molecular complexity index is 1020. The van der Waals surface area contributed by atoms with Crippen molar-refractivity contribution in [1.82, 2.24) is 25.4 Å². The number of nitrogens with one attached hydrogen (secondary N) is 2. The van der Waals surface area contributed by atoms with Gasteiger partial charge in [-0.15, -0.1) is 15.3 Å². The van der Waals surface area contributed by atoms with Crippen molar-refractivity contribution in [2.24, 2.45) is 5.92 Å². The summed E-state index contributed by atoms with van der Waals surface area (Å²) < 4.78 is 0. The van der Waals surface area contributed by atoms with E-state index >= 15 is 0 Å². The largest absolute Gasteiger partial charge is 0.309 e. The lowest BCUT2D eigenvalue weighted by atomic mass is 9.73. The lowest BCUT2D eigenvalue weighted by Gasteiger charge is -2.33. The Morgan fingerprint density at radius 2 is 1.90 bits per heavy atom. The minimum atomic E-state index is -0.164. The van der Waals surface area contributed by atoms with Crippen LogP contribution in [0.15, 0.2) is 36.5 Å². The molecule has 3 aromatic heterocycles. The first-order valence-corrected chi connectivity index (χ1v) is 10.5. The van der Waals surface area contributed by atoms with Crippen LogP contribution >= 0.6 is 11.3 Å². The highest BCUT2D eigenvalue weighted by Crippen LogP contribution is 2.44. The maximum absolute atomic E-state index is 12.1. The molecule has 0 unspecified atom stereocenters. The zero-order valence-electron chi connectivity index (χ0n) is 16.4. The number of hydrogen-bond donors (Lipinski definition) is 2. The van der Waals surface area contributed by atoms with Crippen LogP contribution in [0.25, 0.3) is 0 Å². The van der Waals surface area contributed by atoms with Gasteiger partial charge in [0.05, 0.1) is 12.1 Å². The Morgan fingerprint density at radius 3 is 2.60 bits per heavy atom. The number of pyridine rings is 1. The number of nitrogens with zero attached hydrogens (tertiary/aromatic N) is 5. The van der Waals surface area contributed by atoms with Crippen LogP contribution < -0.4 is 10.6 Å². The highest BCUT2D eigenvalue weighted by molar-refractivity contribution is 7.15. The molecule has 0 atom stereocenters. The van der Waals surface area contributed by atoms with E-state index in [2.05, 4.69) is 36.0 Å². The Labute approximate surface area is 177 Å². The number of anilines is 2. The predicted octanol–water partition coefficient (Wildman–Crippen LogP) is 2.60. The second-order valence-corrected chi connectivity index (χ2v) is 8.33. The van der Waals surface area contributed by atoms with E-state index in [1.807, 2.05) is 24.3 Å². The molecule has 0 radical (unpaired) electrons. The first-order valence-electron chi connectivity index (χ1n) is 9.68. The Hall–Kier alpha value is -3.27. The standard InChI is InChI=1S/C20H21N7O2S/c1-12(28)22-17-6-5-16(24-25-17)10-13-8-14(9-13)19-26-27-20(30-19)23-18(29)11-15-4-2-3-7-21-15/h2-7,13-14H,8-11H2,1H3,(H,22,25,28)(H,23,27,29)/t13-,14+. The lowest BCUT2D eigenvalue weighted by Crippen LogP contribution is -2.24. The third kappa shape index (κ3) is 5.20. The van der Waals surface area contributed by atoms with Crippen LogP contribution in [-0.2, 0) is 22.4 Å². The van der Waals surface area contributed by atoms with E-state index in [0.29, 0.717) is 22.8 Å². The second-order valence-electron chi connectivity index (χ2n) is 7.32. The summed E-state index contributed by atoms with van der Waals surface area (Å²) in [7, 11) is 0. The average Bonchev–Trinajstić information content (AvgIpc) is 3.13. The molecule has 30 heavy (non-hydrogen) atoms. The van der Waals surface area contributed by atoms with Crippen molar-refractivity contribution < 1.29 is 9.59 Å². The van der Waals surface area contributed by atoms with Crippen molar-refractivity contribution in [3.8, 4) is 0 Å². The molecule has 0 bridgehead atoms. The smallest absolute Gasteiger partial charge is 0.232 e. The summed E-state index contributed by atoms with van der Waals surface area (Å²) in [6, 6.07) is 9.15. The molecule has 2 amide bonds. The molecular formula is C20H21N7O2S. The maximum Gasteiger partial charge on any atom is 0.232 e. The van der Waals surface area contributed by atoms with Crippen LogP contribution in [0.5, 0.6) is 0 Å². The van der Waals surface area contributed by atoms with E-state index in [-0.39, 0.29) is 18.2 Å². The predicted molar refractivity (Wildman–Crippen MR) is 112 cm³/mol. The zero-order valence-corrected chi connectivity index (χ0v) is 17.2. The molecule has 0 aliphatic heterocycles. The minimum Gasteiger partial charge on any atom is -0.309 e. The van der Waals surface area contributed by atoms with Crippen LogP contribution in [0.1, 0.15) is 42.1 Å². The number of carbonyl (C=O) groups excluding carboxylic acids is 2. The third-order valence-electron chi connectivity index (χ3n) is 4.86. The molecule has 9 nitrogen and oxygen atoms in total. The lowest BCUT2D eigenvalue weighted by molar-refractivity contribution is -0.116. The van der Waals surface area contributed by atoms with Gasteiger partial charge in [0, 0.05) is 24.7 Å². The average molecular weight is 424 g/mol. The van der Waals surface area contributed by atoms with Gasteiger partial charge in [-0.05, 0) is 49.4 Å². The van der Waals surface area contributed by atoms with Gasteiger partial charge in [0.25, 0.3) is 0 Å². The highest BCUT2D eigenvalue weighted by atomic mass is 32.1. The van der Waals surface area contributed by atoms with Gasteiger partial charge < -0.3 is 10.6 Å². The van der Waals surface area contributed by atoms with E-state index in [4.69, 9.17) is 0 Å². The number of aromatic nitrogens is 5. The monoisotopic (exact) mass is 423 g/mol. The van der Waals surface area contributed by atoms with Crippen molar-refractivity contribution in [2.45, 2.75) is 38.5 Å². The summed E-state index contributed by atoms with van der Waals surface area (Å²) in [5.41, 5.74) is 1.63. The Kier molecular flexibility index (Phi) is 6.03. The summed E-state index contributed by atoms with van der Waals surface area (Å²) in [4.78, 5) is 27.3. The fourth-order valence-electron chi connectivity index (χ4n) is 3.40. The maximum atomic E-state index is 12.1. The van der Waals surface area contributed by atoms with Crippen LogP contribution in [0.3, 0.4) is 0 Å². The molecule has 10 heteroatoms. The number of hydrogen-bond acceptors (Lipinski definition) is 8. The molecule has 0 saturated heterocycles. The minimum absolute atomic E-state index is 0.149. The van der Waals surface area contributed by atoms with Crippen LogP contribution in [0, 0.1) is 5.92 Å². The molecule has 0 aromatic carbocycles. The summed E-state index contributed by atoms with van der Waals surface area (Å²) in [6.45, 7) is 1.44. The summed E-state index contributed by atoms with van der Waals surface area (Å²) in [5.74, 6) is 1.03. The van der Waals surface area contributed by atoms with Gasteiger partial charge in [-0.1, -0.05) is 17.4 Å². The second kappa shape index (κ2) is 9.04. The topological polar surface area (TPSA) is 123 Å². The van der Waals surface area contributed by atoms with E-state index in [9.17, 15) is 9.59 Å². The van der Waals surface area contributed by atoms with E-state index in [0.717, 1.165) is 35.7 Å². The van der Waals surface area contributed by atoms with Crippen molar-refractivity contribution in [2.75, 3.05) is 10.6 Å². The van der Waals surface area contributed by atoms with Gasteiger partial charge in [0.15, 0.2) is 5.82 Å². The summed E-state index contributed by atoms with van der Waals surface area (Å²) in [5, 5.41) is 23.4. The van der Waals surface area contributed by atoms with Crippen LogP contribution in [-0.4, -0.2) is 37.2 Å². The van der Waals surface area contributed by atoms with Crippen LogP contribution in [0.2, 0.25) is 0 Å². The first kappa shape index (κ1) is 20.0. The van der Waals surface area contributed by atoms with Gasteiger partial charge in [-0.25, -0.2) is 0 Å². The number of carbonyl (C=O) groups is 2. The number of rotatable bonds is 7. The molecule has 154 valence electrons. The van der Waals surface area contributed by atoms with Crippen LogP contribution in [0.4, 0.5) is 10.9 Å². The summed E-state index contributed by atoms with van der Waals surface area (Å²) in [6.07, 6.45) is 4.73. The third-order valence-corrected chi connectivity index (χ3v) is 5.86. The molecule has 1 aliphatic carbocycles. The van der Waals surface area contributed by atoms with E-state index < -0.39 is 0 Å². The van der Waals surface area contributed by atoms with Gasteiger partial charge in [-0.3, -0.25) is 14.6 Å². The van der Waals surface area contributed by atoms with Crippen molar-refractivity contribution in [3.05, 3.63) is 52.9 Å². The molecule has 1 fully saturated rings. The highest BCUT2D eigenvalue weighted by Gasteiger charge is 2.33. The molecular weight excluding hydrogens is 402 g/mol. The van der Waals surface area contributed by atoms with E-state index in [1.165, 1.54) is 18.3 Å². The molecule has 1 saturated carbocycles. The van der Waals surface area contributed by atoms with E-state index in [1.54, 1.807) is 12.3 Å². The van der Waals surface area contributed by atoms with Crippen molar-refractivity contribution in [1.29, 1.82) is 0 Å². The Morgan fingerprint density at radius 1 is 1.03 bits per heavy atom. The normalized spacial score (nSPS) is 17.8. The van der Waals surface area contributed by atoms with Gasteiger partial charge in [0.2, 0.25) is 16.9 Å². The molecule has 4 rings (SSSR count). The zero-order chi connectivity index (χ0) is 20.9. The molecule has 2 N–H and O–H groups in total. The van der Waals surface area contributed by atoms with Crippen molar-refractivity contribution >= 4 is 34.1 Å². The van der Waals surface area contributed by atoms with Gasteiger partial charge in [-0.2, -0.15) is 5.10 Å². The fourth-order valence-corrected chi connectivity index (χ4v) is 4.28. The Balaban J connectivity index is 1.24. The molecule has 3 heterocycles. The molecule has 0 spiro atoms.